The Balaban J connectivity index is 1.79. The van der Waals surface area contributed by atoms with E-state index in [1.165, 1.54) is 0 Å². The maximum Gasteiger partial charge on any atom is 0.211 e. The summed E-state index contributed by atoms with van der Waals surface area (Å²) in [4.78, 5) is 8.88. The fourth-order valence-electron chi connectivity index (χ4n) is 3.78. The van der Waals surface area contributed by atoms with Gasteiger partial charge in [0.1, 0.15) is 47.4 Å². The van der Waals surface area contributed by atoms with Gasteiger partial charge < -0.3 is 26.3 Å². The van der Waals surface area contributed by atoms with E-state index in [4.69, 9.17) is 26.2 Å². The minimum absolute atomic E-state index is 0.00902. The summed E-state index contributed by atoms with van der Waals surface area (Å²) in [5.41, 5.74) is 15.5. The Labute approximate surface area is 196 Å². The summed E-state index contributed by atoms with van der Waals surface area (Å²) in [5, 5.41) is 24.0. The number of methoxy groups -OCH3 is 1. The van der Waals surface area contributed by atoms with Crippen LogP contribution < -0.4 is 31.6 Å². The Morgan fingerprint density at radius 1 is 1.15 bits per heavy atom. The van der Waals surface area contributed by atoms with Gasteiger partial charge >= 0.3 is 0 Å². The van der Waals surface area contributed by atoms with Crippen LogP contribution in [0, 0.1) is 29.7 Å². The van der Waals surface area contributed by atoms with Gasteiger partial charge in [0.15, 0.2) is 6.19 Å². The predicted molar refractivity (Wildman–Crippen MR) is 128 cm³/mol. The highest BCUT2D eigenvalue weighted by Crippen LogP contribution is 2.41. The van der Waals surface area contributed by atoms with E-state index in [1.54, 1.807) is 7.11 Å². The lowest BCUT2D eigenvalue weighted by atomic mass is 9.94. The monoisotopic (exact) mass is 454 g/mol. The molecule has 1 aliphatic rings. The molecule has 4 rings (SSSR count). The number of benzene rings is 2. The molecule has 3 aromatic rings. The van der Waals surface area contributed by atoms with Gasteiger partial charge in [0.05, 0.1) is 12.8 Å². The zero-order valence-corrected chi connectivity index (χ0v) is 18.6. The van der Waals surface area contributed by atoms with Crippen LogP contribution in [0.2, 0.25) is 0 Å². The lowest BCUT2D eigenvalue weighted by Gasteiger charge is -2.26. The number of ether oxygens (including phenoxy) is 2. The number of para-hydroxylation sites is 1. The topological polar surface area (TPSA) is 167 Å². The van der Waals surface area contributed by atoms with Crippen molar-refractivity contribution in [3.05, 3.63) is 70.3 Å². The average molecular weight is 454 g/mol. The maximum atomic E-state index is 9.51. The maximum absolute atomic E-state index is 9.51. The molecule has 34 heavy (non-hydrogen) atoms. The first-order valence-corrected chi connectivity index (χ1v) is 10.3. The van der Waals surface area contributed by atoms with Crippen LogP contribution in [0.1, 0.15) is 33.9 Å². The molecule has 0 aliphatic carbocycles. The summed E-state index contributed by atoms with van der Waals surface area (Å²) in [5.74, 6) is 1.91. The van der Waals surface area contributed by atoms with Crippen LogP contribution in [-0.2, 0) is 6.61 Å². The SMILES string of the molecule is COc1ccc(C2N=C(NC#N)Nc3nc(N)c(C#N)c(N)c32)cc1COc1ccccc1C. The zero-order valence-electron chi connectivity index (χ0n) is 18.6. The Morgan fingerprint density at radius 3 is 2.65 bits per heavy atom. The highest BCUT2D eigenvalue weighted by atomic mass is 16.5. The Kier molecular flexibility index (Phi) is 6.06. The second-order valence-electron chi connectivity index (χ2n) is 7.53. The molecule has 0 fully saturated rings. The molecular weight excluding hydrogens is 432 g/mol. The van der Waals surface area contributed by atoms with Crippen molar-refractivity contribution in [1.29, 1.82) is 10.5 Å². The van der Waals surface area contributed by atoms with E-state index in [2.05, 4.69) is 20.6 Å². The fourth-order valence-corrected chi connectivity index (χ4v) is 3.78. The van der Waals surface area contributed by atoms with Crippen molar-refractivity contribution < 1.29 is 9.47 Å². The molecule has 2 heterocycles. The van der Waals surface area contributed by atoms with Crippen LogP contribution in [-0.4, -0.2) is 18.1 Å². The number of aliphatic imine (C=N–C) groups is 1. The summed E-state index contributed by atoms with van der Waals surface area (Å²) in [6.07, 6.45) is 1.84. The first kappa shape index (κ1) is 22.2. The van der Waals surface area contributed by atoms with Crippen molar-refractivity contribution in [1.82, 2.24) is 10.3 Å². The number of rotatable bonds is 5. The lowest BCUT2D eigenvalue weighted by Crippen LogP contribution is -2.32. The van der Waals surface area contributed by atoms with Crippen molar-refractivity contribution >= 4 is 23.3 Å². The number of nitrogen functional groups attached to an aromatic ring is 2. The molecule has 0 spiro atoms. The van der Waals surface area contributed by atoms with Crippen molar-refractivity contribution in [2.75, 3.05) is 23.9 Å². The summed E-state index contributed by atoms with van der Waals surface area (Å²) < 4.78 is 11.6. The van der Waals surface area contributed by atoms with Crippen LogP contribution in [0.5, 0.6) is 11.5 Å². The minimum Gasteiger partial charge on any atom is -0.496 e. The number of hydrogen-bond donors (Lipinski definition) is 4. The van der Waals surface area contributed by atoms with E-state index in [9.17, 15) is 5.26 Å². The Morgan fingerprint density at radius 2 is 1.94 bits per heavy atom. The van der Waals surface area contributed by atoms with E-state index in [-0.39, 0.29) is 29.6 Å². The van der Waals surface area contributed by atoms with Crippen LogP contribution in [0.4, 0.5) is 17.3 Å². The van der Waals surface area contributed by atoms with Crippen LogP contribution in [0.15, 0.2) is 47.5 Å². The van der Waals surface area contributed by atoms with Crippen LogP contribution in [0.3, 0.4) is 0 Å². The largest absolute Gasteiger partial charge is 0.496 e. The highest BCUT2D eigenvalue weighted by Gasteiger charge is 2.30. The van der Waals surface area contributed by atoms with E-state index in [0.29, 0.717) is 17.1 Å². The van der Waals surface area contributed by atoms with Gasteiger partial charge in [-0.25, -0.2) is 9.98 Å². The molecule has 0 saturated heterocycles. The normalized spacial score (nSPS) is 14.0. The minimum atomic E-state index is -0.657. The van der Waals surface area contributed by atoms with E-state index in [1.807, 2.05) is 61.7 Å². The summed E-state index contributed by atoms with van der Waals surface area (Å²) in [6, 6.07) is 14.6. The molecule has 2 aromatic carbocycles. The predicted octanol–water partition coefficient (Wildman–Crippen LogP) is 2.96. The third-order valence-corrected chi connectivity index (χ3v) is 5.45. The van der Waals surface area contributed by atoms with Gasteiger partial charge in [0.2, 0.25) is 5.96 Å². The molecular formula is C24H22N8O2. The molecule has 1 aromatic heterocycles. The van der Waals surface area contributed by atoms with Crippen molar-refractivity contribution in [2.45, 2.75) is 19.6 Å². The number of pyridine rings is 1. The van der Waals surface area contributed by atoms with Gasteiger partial charge in [0.25, 0.3) is 0 Å². The number of nitrogens with one attached hydrogen (secondary N) is 2. The van der Waals surface area contributed by atoms with Crippen LogP contribution >= 0.6 is 0 Å². The molecule has 6 N–H and O–H groups in total. The first-order valence-electron chi connectivity index (χ1n) is 10.3. The smallest absolute Gasteiger partial charge is 0.211 e. The molecule has 10 heteroatoms. The van der Waals surface area contributed by atoms with Gasteiger partial charge in [-0.3, -0.25) is 5.32 Å². The molecule has 1 aliphatic heterocycles. The summed E-state index contributed by atoms with van der Waals surface area (Å²) in [6.45, 7) is 2.23. The number of aryl methyl sites for hydroxylation is 1. The number of nitrogens with zero attached hydrogens (tertiary/aromatic N) is 4. The van der Waals surface area contributed by atoms with Crippen molar-refractivity contribution in [2.24, 2.45) is 4.99 Å². The number of hydrogen-bond acceptors (Lipinski definition) is 10. The van der Waals surface area contributed by atoms with Gasteiger partial charge in [-0.15, -0.1) is 0 Å². The second-order valence-corrected chi connectivity index (χ2v) is 7.53. The van der Waals surface area contributed by atoms with Crippen molar-refractivity contribution in [3.8, 4) is 23.8 Å². The zero-order chi connectivity index (χ0) is 24.2. The van der Waals surface area contributed by atoms with Gasteiger partial charge in [0, 0.05) is 11.1 Å². The Bertz CT molecular complexity index is 1370. The quantitative estimate of drug-likeness (QED) is 0.334. The summed E-state index contributed by atoms with van der Waals surface area (Å²) >= 11 is 0. The third kappa shape index (κ3) is 4.08. The van der Waals surface area contributed by atoms with Gasteiger partial charge in [-0.05, 0) is 36.2 Å². The fraction of sp³-hybridized carbons (Fsp3) is 0.167. The number of guanidine groups is 1. The number of aromatic nitrogens is 1. The second kappa shape index (κ2) is 9.27. The molecule has 0 amide bonds. The Hall–Kier alpha value is -4.96. The standard InChI is InChI=1S/C24H22N8O2/c1-13-5-3-4-6-17(13)34-11-15-9-14(7-8-18(15)33-2)21-19-20(27)16(10-25)22(28)31-23(19)32-24(30-21)29-12-26/h3-9,21H,11H2,1-2H3,(H6,27,28,29,30,31,32). The third-order valence-electron chi connectivity index (χ3n) is 5.45. The summed E-state index contributed by atoms with van der Waals surface area (Å²) in [7, 11) is 1.59. The molecule has 0 saturated carbocycles. The molecule has 0 bridgehead atoms. The van der Waals surface area contributed by atoms with Gasteiger partial charge in [-0.2, -0.15) is 10.5 Å². The van der Waals surface area contributed by atoms with Crippen LogP contribution in [0.25, 0.3) is 0 Å². The molecule has 170 valence electrons. The highest BCUT2D eigenvalue weighted by molar-refractivity contribution is 5.98. The lowest BCUT2D eigenvalue weighted by molar-refractivity contribution is 0.294. The number of fused-ring (bicyclic) bond motifs is 1. The average Bonchev–Trinajstić information content (AvgIpc) is 2.83. The first-order chi connectivity index (χ1) is 16.5. The molecule has 1 unspecified atom stereocenters. The van der Waals surface area contributed by atoms with E-state index in [0.717, 1.165) is 22.4 Å². The number of anilines is 3. The van der Waals surface area contributed by atoms with Crippen molar-refractivity contribution in [3.63, 3.8) is 0 Å². The van der Waals surface area contributed by atoms with Gasteiger partial charge in [-0.1, -0.05) is 24.3 Å². The molecule has 10 nitrogen and oxygen atoms in total. The van der Waals surface area contributed by atoms with E-state index >= 15 is 0 Å². The van der Waals surface area contributed by atoms with E-state index < -0.39 is 6.04 Å². The molecule has 0 radical (unpaired) electrons. The number of nitriles is 2. The molecule has 1 atom stereocenters. The number of nitrogens with two attached hydrogens (primary N) is 2.